The fraction of sp³-hybridized carbons (Fsp3) is 0.500. The van der Waals surface area contributed by atoms with E-state index in [0.717, 1.165) is 36.8 Å². The second kappa shape index (κ2) is 4.27. The topological polar surface area (TPSA) is 44.0 Å². The number of benzene rings is 1. The van der Waals surface area contributed by atoms with E-state index in [1.54, 1.807) is 0 Å². The van der Waals surface area contributed by atoms with E-state index in [4.69, 9.17) is 0 Å². The largest absolute Gasteiger partial charge is 0.387 e. The molecule has 1 aliphatic carbocycles. The van der Waals surface area contributed by atoms with Crippen LogP contribution in [0, 0.1) is 23.7 Å². The Bertz CT molecular complexity index is 413. The molecule has 0 heterocycles. The third-order valence-electron chi connectivity index (χ3n) is 3.60. The molecule has 2 nitrogen and oxygen atoms in total. The SMILES string of the molecule is Cc1cccc(C(O)C2(C#N)CCCC2)c1. The maximum atomic E-state index is 10.4. The lowest BCUT2D eigenvalue weighted by atomic mass is 9.78. The number of nitriles is 1. The Balaban J connectivity index is 2.31. The molecule has 1 aromatic rings. The van der Waals surface area contributed by atoms with Crippen LogP contribution in [0.15, 0.2) is 24.3 Å². The zero-order chi connectivity index (χ0) is 11.6. The van der Waals surface area contributed by atoms with Crippen LogP contribution >= 0.6 is 0 Å². The van der Waals surface area contributed by atoms with Gasteiger partial charge in [-0.3, -0.25) is 0 Å². The van der Waals surface area contributed by atoms with Crippen molar-refractivity contribution < 1.29 is 5.11 Å². The summed E-state index contributed by atoms with van der Waals surface area (Å²) in [5, 5.41) is 19.7. The van der Waals surface area contributed by atoms with Gasteiger partial charge in [0.05, 0.1) is 17.6 Å². The minimum Gasteiger partial charge on any atom is -0.387 e. The number of hydrogen-bond acceptors (Lipinski definition) is 2. The third-order valence-corrected chi connectivity index (χ3v) is 3.60. The van der Waals surface area contributed by atoms with Crippen molar-refractivity contribution >= 4 is 0 Å². The van der Waals surface area contributed by atoms with Gasteiger partial charge in [-0.05, 0) is 25.3 Å². The van der Waals surface area contributed by atoms with Gasteiger partial charge in [0, 0.05) is 0 Å². The molecule has 2 heteroatoms. The average molecular weight is 215 g/mol. The summed E-state index contributed by atoms with van der Waals surface area (Å²) in [5.41, 5.74) is 1.46. The lowest BCUT2D eigenvalue weighted by Crippen LogP contribution is -2.23. The Hall–Kier alpha value is -1.33. The molecule has 0 spiro atoms. The zero-order valence-corrected chi connectivity index (χ0v) is 9.61. The maximum Gasteiger partial charge on any atom is 0.0976 e. The van der Waals surface area contributed by atoms with Crippen LogP contribution in [-0.4, -0.2) is 5.11 Å². The highest BCUT2D eigenvalue weighted by molar-refractivity contribution is 5.27. The molecule has 0 amide bonds. The molecule has 1 aromatic carbocycles. The lowest BCUT2D eigenvalue weighted by molar-refractivity contribution is 0.0670. The Kier molecular flexibility index (Phi) is 2.98. The van der Waals surface area contributed by atoms with Crippen LogP contribution in [0.3, 0.4) is 0 Å². The third kappa shape index (κ3) is 1.83. The maximum absolute atomic E-state index is 10.4. The summed E-state index contributed by atoms with van der Waals surface area (Å²) in [6.45, 7) is 2.00. The Labute approximate surface area is 96.5 Å². The summed E-state index contributed by atoms with van der Waals surface area (Å²) in [7, 11) is 0. The number of hydrogen-bond donors (Lipinski definition) is 1. The second-order valence-electron chi connectivity index (χ2n) is 4.79. The molecule has 1 aliphatic rings. The molecule has 1 fully saturated rings. The van der Waals surface area contributed by atoms with Gasteiger partial charge >= 0.3 is 0 Å². The van der Waals surface area contributed by atoms with Gasteiger partial charge in [-0.15, -0.1) is 0 Å². The van der Waals surface area contributed by atoms with E-state index in [0.29, 0.717) is 0 Å². The molecule has 16 heavy (non-hydrogen) atoms. The molecule has 1 N–H and O–H groups in total. The summed E-state index contributed by atoms with van der Waals surface area (Å²) in [5.74, 6) is 0. The standard InChI is InChI=1S/C14H17NO/c1-11-5-4-6-12(9-11)13(16)14(10-15)7-2-3-8-14/h4-6,9,13,16H,2-3,7-8H2,1H3. The molecule has 84 valence electrons. The zero-order valence-electron chi connectivity index (χ0n) is 9.61. The number of aryl methyl sites for hydroxylation is 1. The number of nitrogens with zero attached hydrogens (tertiary/aromatic N) is 1. The van der Waals surface area contributed by atoms with E-state index >= 15 is 0 Å². The van der Waals surface area contributed by atoms with E-state index in [-0.39, 0.29) is 0 Å². The first-order chi connectivity index (χ1) is 7.68. The van der Waals surface area contributed by atoms with Crippen LogP contribution in [0.4, 0.5) is 0 Å². The number of aliphatic hydroxyl groups excluding tert-OH is 1. The molecule has 0 aromatic heterocycles. The van der Waals surface area contributed by atoms with Gasteiger partial charge in [0.1, 0.15) is 0 Å². The van der Waals surface area contributed by atoms with E-state index in [1.165, 1.54) is 0 Å². The van der Waals surface area contributed by atoms with E-state index in [9.17, 15) is 10.4 Å². The van der Waals surface area contributed by atoms with Crippen molar-refractivity contribution in [1.82, 2.24) is 0 Å². The Morgan fingerprint density at radius 2 is 2.06 bits per heavy atom. The lowest BCUT2D eigenvalue weighted by Gasteiger charge is -2.27. The highest BCUT2D eigenvalue weighted by Gasteiger charge is 2.41. The van der Waals surface area contributed by atoms with Gasteiger partial charge < -0.3 is 5.11 Å². The van der Waals surface area contributed by atoms with Gasteiger partial charge in [0.2, 0.25) is 0 Å². The molecule has 0 aliphatic heterocycles. The Morgan fingerprint density at radius 3 is 2.62 bits per heavy atom. The minimum atomic E-state index is -0.639. The van der Waals surface area contributed by atoms with Crippen molar-refractivity contribution in [2.75, 3.05) is 0 Å². The summed E-state index contributed by atoms with van der Waals surface area (Å²) >= 11 is 0. The second-order valence-corrected chi connectivity index (χ2v) is 4.79. The Morgan fingerprint density at radius 1 is 1.38 bits per heavy atom. The highest BCUT2D eigenvalue weighted by atomic mass is 16.3. The van der Waals surface area contributed by atoms with Crippen LogP contribution < -0.4 is 0 Å². The fourth-order valence-electron chi connectivity index (χ4n) is 2.61. The van der Waals surface area contributed by atoms with Crippen LogP contribution in [0.5, 0.6) is 0 Å². The average Bonchev–Trinajstić information content (AvgIpc) is 2.78. The smallest absolute Gasteiger partial charge is 0.0976 e. The van der Waals surface area contributed by atoms with Crippen molar-refractivity contribution in [3.05, 3.63) is 35.4 Å². The fourth-order valence-corrected chi connectivity index (χ4v) is 2.61. The van der Waals surface area contributed by atoms with Crippen LogP contribution in [-0.2, 0) is 0 Å². The molecular weight excluding hydrogens is 198 g/mol. The van der Waals surface area contributed by atoms with Crippen molar-refractivity contribution in [3.63, 3.8) is 0 Å². The minimum absolute atomic E-state index is 0.548. The summed E-state index contributed by atoms with van der Waals surface area (Å²) in [6.07, 6.45) is 3.10. The van der Waals surface area contributed by atoms with Gasteiger partial charge in [-0.2, -0.15) is 5.26 Å². The van der Waals surface area contributed by atoms with Gasteiger partial charge in [-0.25, -0.2) is 0 Å². The number of aliphatic hydroxyl groups is 1. The molecule has 0 bridgehead atoms. The quantitative estimate of drug-likeness (QED) is 0.823. The van der Waals surface area contributed by atoms with Crippen LogP contribution in [0.1, 0.15) is 42.9 Å². The molecule has 1 unspecified atom stereocenters. The predicted molar refractivity (Wildman–Crippen MR) is 62.7 cm³/mol. The van der Waals surface area contributed by atoms with Crippen LogP contribution in [0.2, 0.25) is 0 Å². The van der Waals surface area contributed by atoms with Crippen molar-refractivity contribution in [3.8, 4) is 6.07 Å². The summed E-state index contributed by atoms with van der Waals surface area (Å²) < 4.78 is 0. The van der Waals surface area contributed by atoms with E-state index in [2.05, 4.69) is 6.07 Å². The first kappa shape index (κ1) is 11.2. The molecule has 0 saturated heterocycles. The monoisotopic (exact) mass is 215 g/mol. The van der Waals surface area contributed by atoms with Gasteiger partial charge in [0.15, 0.2) is 0 Å². The van der Waals surface area contributed by atoms with E-state index < -0.39 is 11.5 Å². The number of rotatable bonds is 2. The summed E-state index contributed by atoms with van der Waals surface area (Å²) in [6, 6.07) is 10.2. The molecule has 0 radical (unpaired) electrons. The normalized spacial score (nSPS) is 20.3. The summed E-state index contributed by atoms with van der Waals surface area (Å²) in [4.78, 5) is 0. The first-order valence-electron chi connectivity index (χ1n) is 5.84. The van der Waals surface area contributed by atoms with E-state index in [1.807, 2.05) is 31.2 Å². The molecular formula is C14H17NO. The highest BCUT2D eigenvalue weighted by Crippen LogP contribution is 2.47. The first-order valence-corrected chi connectivity index (χ1v) is 5.84. The van der Waals surface area contributed by atoms with Crippen molar-refractivity contribution in [2.24, 2.45) is 5.41 Å². The van der Waals surface area contributed by atoms with Crippen molar-refractivity contribution in [2.45, 2.75) is 38.7 Å². The van der Waals surface area contributed by atoms with Gasteiger partial charge in [0.25, 0.3) is 0 Å². The molecule has 2 rings (SSSR count). The predicted octanol–water partition coefficient (Wildman–Crippen LogP) is 3.11. The van der Waals surface area contributed by atoms with Crippen molar-refractivity contribution in [1.29, 1.82) is 5.26 Å². The van der Waals surface area contributed by atoms with Gasteiger partial charge in [-0.1, -0.05) is 42.7 Å². The van der Waals surface area contributed by atoms with Crippen LogP contribution in [0.25, 0.3) is 0 Å². The molecule has 1 saturated carbocycles. The molecule has 1 atom stereocenters.